The molecule has 1 N–H and O–H groups in total. The number of nitrogens with zero attached hydrogens (tertiary/aromatic N) is 2. The zero-order valence-electron chi connectivity index (χ0n) is 10.9. The Hall–Kier alpha value is -1.32. The van der Waals surface area contributed by atoms with E-state index in [-0.39, 0.29) is 0 Å². The number of anilines is 1. The van der Waals surface area contributed by atoms with Crippen LogP contribution in [0.25, 0.3) is 0 Å². The van der Waals surface area contributed by atoms with E-state index in [1.54, 1.807) is 6.33 Å². The summed E-state index contributed by atoms with van der Waals surface area (Å²) in [4.78, 5) is 8.44. The third-order valence-electron chi connectivity index (χ3n) is 3.67. The molecule has 0 radical (unpaired) electrons. The largest absolute Gasteiger partial charge is 0.478 e. The van der Waals surface area contributed by atoms with E-state index < -0.39 is 0 Å². The molecular formula is C14H21N3O. The van der Waals surface area contributed by atoms with E-state index in [9.17, 15) is 0 Å². The van der Waals surface area contributed by atoms with Gasteiger partial charge in [0.25, 0.3) is 0 Å². The SMILES string of the molecule is CCCOc1cc(NC(C2CC2)C2CC2)ncn1. The Bertz CT molecular complexity index is 390. The summed E-state index contributed by atoms with van der Waals surface area (Å²) in [6.07, 6.45) is 8.08. The van der Waals surface area contributed by atoms with Crippen LogP contribution in [0.1, 0.15) is 39.0 Å². The van der Waals surface area contributed by atoms with E-state index in [0.717, 1.165) is 24.1 Å². The molecule has 1 aromatic rings. The van der Waals surface area contributed by atoms with Crippen LogP contribution in [0.15, 0.2) is 12.4 Å². The molecule has 1 aromatic heterocycles. The summed E-state index contributed by atoms with van der Waals surface area (Å²) in [5, 5.41) is 3.59. The van der Waals surface area contributed by atoms with E-state index in [4.69, 9.17) is 4.74 Å². The number of rotatable bonds is 7. The second-order valence-corrected chi connectivity index (χ2v) is 5.43. The minimum absolute atomic E-state index is 0.624. The van der Waals surface area contributed by atoms with Crippen LogP contribution in [-0.2, 0) is 0 Å². The third kappa shape index (κ3) is 2.92. The van der Waals surface area contributed by atoms with Crippen molar-refractivity contribution < 1.29 is 4.74 Å². The molecule has 0 amide bonds. The fourth-order valence-corrected chi connectivity index (χ4v) is 2.41. The Kier molecular flexibility index (Phi) is 3.35. The average Bonchev–Trinajstić information content (AvgIpc) is 3.28. The zero-order chi connectivity index (χ0) is 12.4. The smallest absolute Gasteiger partial charge is 0.218 e. The standard InChI is InChI=1S/C14H21N3O/c1-2-7-18-13-8-12(15-9-16-13)17-14(10-3-4-10)11-5-6-11/h8-11,14H,2-7H2,1H3,(H,15,16,17). The molecule has 0 aromatic carbocycles. The van der Waals surface area contributed by atoms with Crippen molar-refractivity contribution in [2.45, 2.75) is 45.1 Å². The van der Waals surface area contributed by atoms with Gasteiger partial charge in [0.15, 0.2) is 0 Å². The van der Waals surface area contributed by atoms with Crippen molar-refractivity contribution in [2.75, 3.05) is 11.9 Å². The fourth-order valence-electron chi connectivity index (χ4n) is 2.41. The highest BCUT2D eigenvalue weighted by Gasteiger charge is 2.41. The van der Waals surface area contributed by atoms with E-state index >= 15 is 0 Å². The number of ether oxygens (including phenoxy) is 1. The molecule has 0 unspecified atom stereocenters. The summed E-state index contributed by atoms with van der Waals surface area (Å²) in [5.74, 6) is 3.33. The first-order chi connectivity index (χ1) is 8.86. The minimum Gasteiger partial charge on any atom is -0.478 e. The lowest BCUT2D eigenvalue weighted by Crippen LogP contribution is -2.24. The van der Waals surface area contributed by atoms with Crippen LogP contribution in [0.3, 0.4) is 0 Å². The van der Waals surface area contributed by atoms with Gasteiger partial charge in [-0.2, -0.15) is 0 Å². The molecule has 18 heavy (non-hydrogen) atoms. The van der Waals surface area contributed by atoms with Gasteiger partial charge in [0, 0.05) is 12.1 Å². The molecule has 0 saturated heterocycles. The normalized spacial score (nSPS) is 19.0. The lowest BCUT2D eigenvalue weighted by molar-refractivity contribution is 0.305. The first kappa shape index (κ1) is 11.8. The van der Waals surface area contributed by atoms with Crippen LogP contribution in [0.2, 0.25) is 0 Å². The molecule has 0 atom stereocenters. The molecule has 4 heteroatoms. The van der Waals surface area contributed by atoms with Gasteiger partial charge in [-0.05, 0) is 43.9 Å². The van der Waals surface area contributed by atoms with Gasteiger partial charge in [-0.25, -0.2) is 9.97 Å². The topological polar surface area (TPSA) is 47.0 Å². The van der Waals surface area contributed by atoms with Gasteiger partial charge in [-0.15, -0.1) is 0 Å². The molecule has 0 spiro atoms. The number of aromatic nitrogens is 2. The Balaban J connectivity index is 1.63. The van der Waals surface area contributed by atoms with Crippen LogP contribution in [0, 0.1) is 11.8 Å². The molecule has 4 nitrogen and oxygen atoms in total. The van der Waals surface area contributed by atoms with E-state index in [1.807, 2.05) is 6.07 Å². The molecule has 2 aliphatic carbocycles. The second-order valence-electron chi connectivity index (χ2n) is 5.43. The minimum atomic E-state index is 0.624. The van der Waals surface area contributed by atoms with Crippen molar-refractivity contribution in [3.63, 3.8) is 0 Å². The van der Waals surface area contributed by atoms with Crippen molar-refractivity contribution >= 4 is 5.82 Å². The first-order valence-corrected chi connectivity index (χ1v) is 7.08. The summed E-state index contributed by atoms with van der Waals surface area (Å²) >= 11 is 0. The summed E-state index contributed by atoms with van der Waals surface area (Å²) < 4.78 is 5.54. The van der Waals surface area contributed by atoms with Crippen molar-refractivity contribution in [3.05, 3.63) is 12.4 Å². The quantitative estimate of drug-likeness (QED) is 0.804. The van der Waals surface area contributed by atoms with Gasteiger partial charge in [0.05, 0.1) is 6.61 Å². The number of hydrogen-bond donors (Lipinski definition) is 1. The van der Waals surface area contributed by atoms with Crippen molar-refractivity contribution in [1.82, 2.24) is 9.97 Å². The molecule has 2 saturated carbocycles. The molecule has 2 aliphatic rings. The van der Waals surface area contributed by atoms with Crippen LogP contribution in [0.4, 0.5) is 5.82 Å². The summed E-state index contributed by atoms with van der Waals surface area (Å²) in [7, 11) is 0. The van der Waals surface area contributed by atoms with Gasteiger partial charge in [0.2, 0.25) is 5.88 Å². The van der Waals surface area contributed by atoms with Gasteiger partial charge in [-0.3, -0.25) is 0 Å². The van der Waals surface area contributed by atoms with E-state index in [1.165, 1.54) is 25.7 Å². The van der Waals surface area contributed by atoms with Crippen molar-refractivity contribution in [3.8, 4) is 5.88 Å². The molecule has 1 heterocycles. The highest BCUT2D eigenvalue weighted by molar-refractivity contribution is 5.39. The van der Waals surface area contributed by atoms with Crippen LogP contribution in [-0.4, -0.2) is 22.6 Å². The summed E-state index contributed by atoms with van der Waals surface area (Å²) in [6, 6.07) is 2.55. The van der Waals surface area contributed by atoms with E-state index in [0.29, 0.717) is 18.5 Å². The summed E-state index contributed by atoms with van der Waals surface area (Å²) in [6.45, 7) is 2.81. The van der Waals surface area contributed by atoms with E-state index in [2.05, 4.69) is 22.2 Å². The Morgan fingerprint density at radius 1 is 1.28 bits per heavy atom. The van der Waals surface area contributed by atoms with Gasteiger partial charge in [-0.1, -0.05) is 6.92 Å². The monoisotopic (exact) mass is 247 g/mol. The first-order valence-electron chi connectivity index (χ1n) is 7.08. The van der Waals surface area contributed by atoms with Crippen molar-refractivity contribution in [1.29, 1.82) is 0 Å². The highest BCUT2D eigenvalue weighted by Crippen LogP contribution is 2.45. The fraction of sp³-hybridized carbons (Fsp3) is 0.714. The molecule has 2 fully saturated rings. The molecular weight excluding hydrogens is 226 g/mol. The van der Waals surface area contributed by atoms with Crippen LogP contribution in [0.5, 0.6) is 5.88 Å². The maximum atomic E-state index is 5.54. The predicted molar refractivity (Wildman–Crippen MR) is 70.7 cm³/mol. The molecule has 0 aliphatic heterocycles. The second kappa shape index (κ2) is 5.12. The molecule has 98 valence electrons. The summed E-state index contributed by atoms with van der Waals surface area (Å²) in [5.41, 5.74) is 0. The zero-order valence-corrected chi connectivity index (χ0v) is 10.9. The lowest BCUT2D eigenvalue weighted by atomic mass is 10.1. The third-order valence-corrected chi connectivity index (χ3v) is 3.67. The molecule has 3 rings (SSSR count). The lowest BCUT2D eigenvalue weighted by Gasteiger charge is -2.18. The maximum Gasteiger partial charge on any atom is 0.218 e. The van der Waals surface area contributed by atoms with Crippen LogP contribution < -0.4 is 10.1 Å². The Labute approximate surface area is 108 Å². The van der Waals surface area contributed by atoms with Crippen molar-refractivity contribution in [2.24, 2.45) is 11.8 Å². The number of hydrogen-bond acceptors (Lipinski definition) is 4. The van der Waals surface area contributed by atoms with Crippen LogP contribution >= 0.6 is 0 Å². The molecule has 0 bridgehead atoms. The predicted octanol–water partition coefficient (Wildman–Crippen LogP) is 2.87. The van der Waals surface area contributed by atoms with Gasteiger partial charge < -0.3 is 10.1 Å². The number of nitrogens with one attached hydrogen (secondary N) is 1. The highest BCUT2D eigenvalue weighted by atomic mass is 16.5. The van der Waals surface area contributed by atoms with Gasteiger partial charge >= 0.3 is 0 Å². The Morgan fingerprint density at radius 3 is 2.61 bits per heavy atom. The Morgan fingerprint density at radius 2 is 2.00 bits per heavy atom. The average molecular weight is 247 g/mol. The maximum absolute atomic E-state index is 5.54. The van der Waals surface area contributed by atoms with Gasteiger partial charge in [0.1, 0.15) is 12.1 Å².